The van der Waals surface area contributed by atoms with Crippen LogP contribution in [0.4, 0.5) is 8.78 Å². The Balaban J connectivity index is 0.00000180. The molecule has 1 aromatic carbocycles. The number of rotatable bonds is 4. The Kier molecular flexibility index (Phi) is 6.69. The first-order chi connectivity index (χ1) is 8.65. The van der Waals surface area contributed by atoms with E-state index in [1.54, 1.807) is 6.07 Å². The molecule has 1 unspecified atom stereocenters. The minimum atomic E-state index is -0.780. The molecule has 1 atom stereocenters. The molecule has 1 N–H and O–H groups in total. The van der Waals surface area contributed by atoms with Gasteiger partial charge in [0.05, 0.1) is 0 Å². The quantitative estimate of drug-likeness (QED) is 0.917. The van der Waals surface area contributed by atoms with Crippen LogP contribution in [0.15, 0.2) is 18.2 Å². The van der Waals surface area contributed by atoms with Crippen LogP contribution in [0, 0.1) is 17.6 Å². The average molecular weight is 291 g/mol. The fraction of sp³-hybridized carbons (Fsp3) is 0.571. The van der Waals surface area contributed by atoms with Crippen molar-refractivity contribution in [3.05, 3.63) is 35.4 Å². The fourth-order valence-electron chi connectivity index (χ4n) is 2.53. The van der Waals surface area contributed by atoms with Gasteiger partial charge >= 0.3 is 0 Å². The summed E-state index contributed by atoms with van der Waals surface area (Å²) in [5, 5.41) is 3.38. The van der Waals surface area contributed by atoms with Crippen molar-refractivity contribution in [3.8, 4) is 0 Å². The second-order valence-electron chi connectivity index (χ2n) is 5.16. The molecule has 1 heterocycles. The molecule has 1 fully saturated rings. The van der Waals surface area contributed by atoms with E-state index in [0.717, 1.165) is 25.2 Å². The smallest absolute Gasteiger partial charge is 0.159 e. The molecular weight excluding hydrogens is 270 g/mol. The maximum absolute atomic E-state index is 13.1. The second kappa shape index (κ2) is 7.78. The molecule has 0 aromatic heterocycles. The van der Waals surface area contributed by atoms with Gasteiger partial charge in [-0.15, -0.1) is 12.4 Å². The summed E-state index contributed by atoms with van der Waals surface area (Å²) < 4.78 is 25.9. The molecular formula is C14H21ClF2N2. The number of nitrogens with one attached hydrogen (secondary N) is 1. The zero-order valence-electron chi connectivity index (χ0n) is 11.2. The van der Waals surface area contributed by atoms with E-state index in [1.165, 1.54) is 25.0 Å². The summed E-state index contributed by atoms with van der Waals surface area (Å²) >= 11 is 0. The first kappa shape index (κ1) is 16.3. The lowest BCUT2D eigenvalue weighted by atomic mass is 9.99. The Labute approximate surface area is 119 Å². The van der Waals surface area contributed by atoms with Gasteiger partial charge in [-0.05, 0) is 56.6 Å². The highest BCUT2D eigenvalue weighted by Gasteiger charge is 2.15. The first-order valence-corrected chi connectivity index (χ1v) is 6.48. The van der Waals surface area contributed by atoms with Gasteiger partial charge in [0.25, 0.3) is 0 Å². The first-order valence-electron chi connectivity index (χ1n) is 6.48. The molecule has 5 heteroatoms. The number of piperidine rings is 1. The van der Waals surface area contributed by atoms with Crippen LogP contribution in [0.2, 0.25) is 0 Å². The van der Waals surface area contributed by atoms with E-state index in [0.29, 0.717) is 12.5 Å². The number of hydrogen-bond acceptors (Lipinski definition) is 2. The Bertz CT molecular complexity index is 395. The van der Waals surface area contributed by atoms with Crippen LogP contribution in [0.5, 0.6) is 0 Å². The maximum atomic E-state index is 13.1. The van der Waals surface area contributed by atoms with Crippen molar-refractivity contribution in [2.24, 2.45) is 5.92 Å². The molecule has 1 aromatic rings. The van der Waals surface area contributed by atoms with Crippen molar-refractivity contribution in [1.82, 2.24) is 10.2 Å². The average Bonchev–Trinajstić information content (AvgIpc) is 2.35. The van der Waals surface area contributed by atoms with Crippen molar-refractivity contribution >= 4 is 12.4 Å². The molecule has 108 valence electrons. The minimum absolute atomic E-state index is 0. The molecule has 0 radical (unpaired) electrons. The van der Waals surface area contributed by atoms with Gasteiger partial charge in [0, 0.05) is 13.1 Å². The summed E-state index contributed by atoms with van der Waals surface area (Å²) in [4.78, 5) is 2.17. The highest BCUT2D eigenvalue weighted by molar-refractivity contribution is 5.85. The largest absolute Gasteiger partial charge is 0.316 e. The van der Waals surface area contributed by atoms with E-state index >= 15 is 0 Å². The molecule has 0 saturated carbocycles. The predicted octanol–water partition coefficient (Wildman–Crippen LogP) is 2.82. The lowest BCUT2D eigenvalue weighted by Gasteiger charge is -2.27. The predicted molar refractivity (Wildman–Crippen MR) is 75.5 cm³/mol. The van der Waals surface area contributed by atoms with Gasteiger partial charge < -0.3 is 10.2 Å². The molecule has 0 spiro atoms. The van der Waals surface area contributed by atoms with Crippen molar-refractivity contribution in [3.63, 3.8) is 0 Å². The highest BCUT2D eigenvalue weighted by Crippen LogP contribution is 2.14. The Hall–Kier alpha value is -0.710. The van der Waals surface area contributed by atoms with E-state index < -0.39 is 11.6 Å². The summed E-state index contributed by atoms with van der Waals surface area (Å²) in [5.74, 6) is -0.882. The number of halogens is 3. The molecule has 1 aliphatic rings. The van der Waals surface area contributed by atoms with Crippen molar-refractivity contribution in [2.45, 2.75) is 19.4 Å². The number of hydrogen-bond donors (Lipinski definition) is 1. The second-order valence-corrected chi connectivity index (χ2v) is 5.16. The van der Waals surface area contributed by atoms with Crippen LogP contribution in [0.1, 0.15) is 18.4 Å². The third-order valence-electron chi connectivity index (χ3n) is 3.41. The van der Waals surface area contributed by atoms with E-state index in [4.69, 9.17) is 0 Å². The SMILES string of the molecule is CN(Cc1ccc(F)c(F)c1)CC1CCCNC1.Cl. The number of benzene rings is 1. The standard InChI is InChI=1S/C14H20F2N2.ClH/c1-18(10-12-3-2-6-17-8-12)9-11-4-5-13(15)14(16)7-11;/h4-5,7,12,17H,2-3,6,8-10H2,1H3;1H. The van der Waals surface area contributed by atoms with Crippen LogP contribution >= 0.6 is 12.4 Å². The molecule has 2 nitrogen and oxygen atoms in total. The van der Waals surface area contributed by atoms with Crippen molar-refractivity contribution in [1.29, 1.82) is 0 Å². The lowest BCUT2D eigenvalue weighted by Crippen LogP contribution is -2.36. The normalized spacial score (nSPS) is 19.3. The summed E-state index contributed by atoms with van der Waals surface area (Å²) in [6.07, 6.45) is 2.47. The maximum Gasteiger partial charge on any atom is 0.159 e. The topological polar surface area (TPSA) is 15.3 Å². The van der Waals surface area contributed by atoms with Gasteiger partial charge in [0.2, 0.25) is 0 Å². The molecule has 0 bridgehead atoms. The third-order valence-corrected chi connectivity index (χ3v) is 3.41. The summed E-state index contributed by atoms with van der Waals surface area (Å²) in [5.41, 5.74) is 0.820. The Morgan fingerprint density at radius 1 is 1.32 bits per heavy atom. The molecule has 2 rings (SSSR count). The van der Waals surface area contributed by atoms with Crippen LogP contribution in [-0.2, 0) is 6.54 Å². The van der Waals surface area contributed by atoms with E-state index in [2.05, 4.69) is 10.2 Å². The molecule has 1 saturated heterocycles. The van der Waals surface area contributed by atoms with Gasteiger partial charge in [0.15, 0.2) is 11.6 Å². The van der Waals surface area contributed by atoms with E-state index in [9.17, 15) is 8.78 Å². The molecule has 0 aliphatic carbocycles. The molecule has 19 heavy (non-hydrogen) atoms. The fourth-order valence-corrected chi connectivity index (χ4v) is 2.53. The molecule has 0 amide bonds. The third kappa shape index (κ3) is 5.05. The van der Waals surface area contributed by atoms with Gasteiger partial charge in [-0.1, -0.05) is 6.07 Å². The lowest BCUT2D eigenvalue weighted by molar-refractivity contribution is 0.237. The summed E-state index contributed by atoms with van der Waals surface area (Å²) in [6, 6.07) is 4.12. The zero-order valence-corrected chi connectivity index (χ0v) is 12.0. The summed E-state index contributed by atoms with van der Waals surface area (Å²) in [7, 11) is 2.02. The van der Waals surface area contributed by atoms with Gasteiger partial charge in [0.1, 0.15) is 0 Å². The Morgan fingerprint density at radius 3 is 2.74 bits per heavy atom. The van der Waals surface area contributed by atoms with Crippen LogP contribution in [0.3, 0.4) is 0 Å². The molecule has 1 aliphatic heterocycles. The van der Waals surface area contributed by atoms with Crippen molar-refractivity contribution < 1.29 is 8.78 Å². The van der Waals surface area contributed by atoms with Crippen LogP contribution in [0.25, 0.3) is 0 Å². The van der Waals surface area contributed by atoms with E-state index in [-0.39, 0.29) is 12.4 Å². The monoisotopic (exact) mass is 290 g/mol. The zero-order chi connectivity index (χ0) is 13.0. The van der Waals surface area contributed by atoms with Crippen LogP contribution < -0.4 is 5.32 Å². The minimum Gasteiger partial charge on any atom is -0.316 e. The van der Waals surface area contributed by atoms with Gasteiger partial charge in [-0.25, -0.2) is 8.78 Å². The number of nitrogens with zero attached hydrogens (tertiary/aromatic N) is 1. The van der Waals surface area contributed by atoms with Gasteiger partial charge in [-0.2, -0.15) is 0 Å². The van der Waals surface area contributed by atoms with Gasteiger partial charge in [-0.3, -0.25) is 0 Å². The summed E-state index contributed by atoms with van der Waals surface area (Å²) in [6.45, 7) is 3.82. The highest BCUT2D eigenvalue weighted by atomic mass is 35.5. The van der Waals surface area contributed by atoms with E-state index in [1.807, 2.05) is 7.05 Å². The van der Waals surface area contributed by atoms with Crippen LogP contribution in [-0.4, -0.2) is 31.6 Å². The van der Waals surface area contributed by atoms with Crippen molar-refractivity contribution in [2.75, 3.05) is 26.7 Å². The Morgan fingerprint density at radius 2 is 2.11 bits per heavy atom.